The van der Waals surface area contributed by atoms with Crippen LogP contribution in [0.25, 0.3) is 0 Å². The molecule has 2 aromatic carbocycles. The highest BCUT2D eigenvalue weighted by Crippen LogP contribution is 2.35. The topological polar surface area (TPSA) is 57.7 Å². The Morgan fingerprint density at radius 2 is 0.960 bits per heavy atom. The largest absolute Gasteiger partial charge is 0.342 e. The van der Waals surface area contributed by atoms with Gasteiger partial charge in [-0.25, -0.2) is 14.6 Å². The molecule has 1 heterocycles. The highest BCUT2D eigenvalue weighted by molar-refractivity contribution is 6.38. The van der Waals surface area contributed by atoms with Crippen LogP contribution in [0.1, 0.15) is 25.0 Å². The number of carbonyl (C=O) groups is 3. The van der Waals surface area contributed by atoms with E-state index in [1.807, 2.05) is 38.1 Å². The first-order valence-corrected chi connectivity index (χ1v) is 8.10. The summed E-state index contributed by atoms with van der Waals surface area (Å²) in [6, 6.07) is 13.5. The molecule has 4 amide bonds. The van der Waals surface area contributed by atoms with Crippen molar-refractivity contribution in [2.24, 2.45) is 5.41 Å². The average molecular weight is 336 g/mol. The molecule has 0 radical (unpaired) electrons. The molecule has 1 fully saturated rings. The summed E-state index contributed by atoms with van der Waals surface area (Å²) in [5, 5.41) is 0. The van der Waals surface area contributed by atoms with Gasteiger partial charge in [0.2, 0.25) is 11.8 Å². The third kappa shape index (κ3) is 2.71. The maximum Gasteiger partial charge on any atom is 0.342 e. The van der Waals surface area contributed by atoms with E-state index in [9.17, 15) is 14.4 Å². The molecule has 0 atom stereocenters. The first kappa shape index (κ1) is 16.9. The van der Waals surface area contributed by atoms with Crippen LogP contribution in [0.3, 0.4) is 0 Å². The highest BCUT2D eigenvalue weighted by atomic mass is 16.2. The Kier molecular flexibility index (Phi) is 3.95. The first-order chi connectivity index (χ1) is 11.7. The summed E-state index contributed by atoms with van der Waals surface area (Å²) in [7, 11) is 0. The van der Waals surface area contributed by atoms with Crippen LogP contribution in [0.15, 0.2) is 48.5 Å². The SMILES string of the molecule is Cc1ccc(N2C(=O)N(c3ccc(C)cc3)C(=O)C(C)(C)C2=O)cc1. The molecule has 0 aromatic heterocycles. The van der Waals surface area contributed by atoms with Gasteiger partial charge in [-0.2, -0.15) is 0 Å². The molecule has 0 spiro atoms. The summed E-state index contributed by atoms with van der Waals surface area (Å²) in [5.74, 6) is -1.04. The summed E-state index contributed by atoms with van der Waals surface area (Å²) < 4.78 is 0. The number of carbonyl (C=O) groups excluding carboxylic acids is 3. The van der Waals surface area contributed by atoms with Gasteiger partial charge in [-0.05, 0) is 52.0 Å². The Morgan fingerprint density at radius 3 is 1.28 bits per heavy atom. The quantitative estimate of drug-likeness (QED) is 0.783. The number of urea groups is 1. The first-order valence-electron chi connectivity index (χ1n) is 8.10. The molecular formula is C20H20N2O3. The number of hydrogen-bond donors (Lipinski definition) is 0. The minimum Gasteiger partial charge on any atom is -0.273 e. The van der Waals surface area contributed by atoms with E-state index < -0.39 is 23.3 Å². The van der Waals surface area contributed by atoms with Gasteiger partial charge in [0, 0.05) is 0 Å². The van der Waals surface area contributed by atoms with Crippen LogP contribution >= 0.6 is 0 Å². The summed E-state index contributed by atoms with van der Waals surface area (Å²) in [5.41, 5.74) is 1.62. The molecule has 0 unspecified atom stereocenters. The number of benzene rings is 2. The van der Waals surface area contributed by atoms with E-state index in [2.05, 4.69) is 0 Å². The molecule has 2 aromatic rings. The van der Waals surface area contributed by atoms with Crippen molar-refractivity contribution < 1.29 is 14.4 Å². The zero-order chi connectivity index (χ0) is 18.4. The molecule has 5 heteroatoms. The predicted molar refractivity (Wildman–Crippen MR) is 96.5 cm³/mol. The number of barbiturate groups is 1. The molecule has 1 aliphatic heterocycles. The van der Waals surface area contributed by atoms with Crippen LogP contribution in [-0.2, 0) is 9.59 Å². The van der Waals surface area contributed by atoms with Gasteiger partial charge in [0.05, 0.1) is 11.4 Å². The fourth-order valence-electron chi connectivity index (χ4n) is 2.77. The summed E-state index contributed by atoms with van der Waals surface area (Å²) in [6.07, 6.45) is 0. The van der Waals surface area contributed by atoms with E-state index in [1.54, 1.807) is 38.1 Å². The maximum absolute atomic E-state index is 13.0. The van der Waals surface area contributed by atoms with Gasteiger partial charge in [-0.15, -0.1) is 0 Å². The van der Waals surface area contributed by atoms with Crippen molar-refractivity contribution in [1.29, 1.82) is 0 Å². The van der Waals surface area contributed by atoms with Crippen LogP contribution in [0.4, 0.5) is 16.2 Å². The lowest BCUT2D eigenvalue weighted by Gasteiger charge is -2.40. The fourth-order valence-corrected chi connectivity index (χ4v) is 2.77. The monoisotopic (exact) mass is 336 g/mol. The van der Waals surface area contributed by atoms with E-state index >= 15 is 0 Å². The minimum absolute atomic E-state index is 0.457. The van der Waals surface area contributed by atoms with Crippen molar-refractivity contribution in [3.05, 3.63) is 59.7 Å². The van der Waals surface area contributed by atoms with Gasteiger partial charge in [0.15, 0.2) is 0 Å². The molecule has 1 saturated heterocycles. The summed E-state index contributed by atoms with van der Waals surface area (Å²) in [4.78, 5) is 40.9. The Labute approximate surface area is 146 Å². The molecular weight excluding hydrogens is 316 g/mol. The zero-order valence-corrected chi connectivity index (χ0v) is 14.7. The van der Waals surface area contributed by atoms with Gasteiger partial charge in [-0.1, -0.05) is 35.4 Å². The lowest BCUT2D eigenvalue weighted by atomic mass is 9.87. The zero-order valence-electron chi connectivity index (χ0n) is 14.7. The second-order valence-corrected chi connectivity index (χ2v) is 6.86. The van der Waals surface area contributed by atoms with Gasteiger partial charge in [0.1, 0.15) is 5.41 Å². The van der Waals surface area contributed by atoms with Crippen LogP contribution in [0.2, 0.25) is 0 Å². The average Bonchev–Trinajstić information content (AvgIpc) is 2.57. The Bertz CT molecular complexity index is 782. The van der Waals surface area contributed by atoms with E-state index in [4.69, 9.17) is 0 Å². The number of hydrogen-bond acceptors (Lipinski definition) is 3. The van der Waals surface area contributed by atoms with Gasteiger partial charge >= 0.3 is 6.03 Å². The van der Waals surface area contributed by atoms with Crippen molar-refractivity contribution in [2.45, 2.75) is 27.7 Å². The number of imide groups is 2. The smallest absolute Gasteiger partial charge is 0.273 e. The Morgan fingerprint density at radius 1 is 0.640 bits per heavy atom. The Hall–Kier alpha value is -2.95. The van der Waals surface area contributed by atoms with Gasteiger partial charge < -0.3 is 0 Å². The van der Waals surface area contributed by atoms with E-state index in [1.165, 1.54) is 0 Å². The van der Waals surface area contributed by atoms with Crippen LogP contribution in [-0.4, -0.2) is 17.8 Å². The third-order valence-electron chi connectivity index (χ3n) is 4.44. The van der Waals surface area contributed by atoms with Crippen LogP contribution in [0, 0.1) is 19.3 Å². The standard InChI is InChI=1S/C20H20N2O3/c1-13-5-9-15(10-6-13)21-17(23)20(3,4)18(24)22(19(21)25)16-11-7-14(2)8-12-16/h5-12H,1-4H3. The molecule has 0 aliphatic carbocycles. The highest BCUT2D eigenvalue weighted by Gasteiger charge is 2.52. The maximum atomic E-state index is 13.0. The number of anilines is 2. The van der Waals surface area contributed by atoms with Gasteiger partial charge in [-0.3, -0.25) is 9.59 Å². The number of rotatable bonds is 2. The number of aryl methyl sites for hydroxylation is 2. The Balaban J connectivity index is 2.11. The van der Waals surface area contributed by atoms with Crippen molar-refractivity contribution >= 4 is 29.2 Å². The lowest BCUT2D eigenvalue weighted by Crippen LogP contribution is -2.64. The normalized spacial score (nSPS) is 17.2. The lowest BCUT2D eigenvalue weighted by molar-refractivity contribution is -0.138. The van der Waals surface area contributed by atoms with Crippen molar-refractivity contribution in [2.75, 3.05) is 9.80 Å². The second-order valence-electron chi connectivity index (χ2n) is 6.86. The van der Waals surface area contributed by atoms with Crippen molar-refractivity contribution in [3.63, 3.8) is 0 Å². The molecule has 3 rings (SSSR count). The molecule has 0 saturated carbocycles. The third-order valence-corrected chi connectivity index (χ3v) is 4.44. The number of nitrogens with zero attached hydrogens (tertiary/aromatic N) is 2. The molecule has 5 nitrogen and oxygen atoms in total. The summed E-state index contributed by atoms with van der Waals surface area (Å²) >= 11 is 0. The van der Waals surface area contributed by atoms with Gasteiger partial charge in [0.25, 0.3) is 0 Å². The minimum atomic E-state index is -1.33. The van der Waals surface area contributed by atoms with Crippen LogP contribution in [0.5, 0.6) is 0 Å². The fraction of sp³-hybridized carbons (Fsp3) is 0.250. The van der Waals surface area contributed by atoms with E-state index in [0.29, 0.717) is 11.4 Å². The number of amides is 4. The van der Waals surface area contributed by atoms with Crippen LogP contribution < -0.4 is 9.80 Å². The molecule has 128 valence electrons. The molecule has 25 heavy (non-hydrogen) atoms. The molecule has 0 bridgehead atoms. The molecule has 1 aliphatic rings. The van der Waals surface area contributed by atoms with E-state index in [0.717, 1.165) is 20.9 Å². The molecule has 0 N–H and O–H groups in total. The van der Waals surface area contributed by atoms with E-state index in [-0.39, 0.29) is 0 Å². The predicted octanol–water partition coefficient (Wildman–Crippen LogP) is 3.83. The van der Waals surface area contributed by atoms with Crippen molar-refractivity contribution in [1.82, 2.24) is 0 Å². The van der Waals surface area contributed by atoms with Crippen molar-refractivity contribution in [3.8, 4) is 0 Å². The second kappa shape index (κ2) is 5.84. The summed E-state index contributed by atoms with van der Waals surface area (Å²) in [6.45, 7) is 6.95.